The number of hydrogen-bond donors (Lipinski definition) is 0. The largest absolute Gasteiger partial charge is 0.371 e. The third-order valence-corrected chi connectivity index (χ3v) is 3.72. The molecule has 1 unspecified atom stereocenters. The third-order valence-electron chi connectivity index (χ3n) is 3.72. The Kier molecular flexibility index (Phi) is 6.29. The molecule has 1 aliphatic heterocycles. The Morgan fingerprint density at radius 2 is 2.04 bits per heavy atom. The number of hydrogen-bond acceptors (Lipinski definition) is 6. The highest BCUT2D eigenvalue weighted by Crippen LogP contribution is 2.14. The van der Waals surface area contributed by atoms with Crippen LogP contribution < -0.4 is 0 Å². The molecule has 1 aliphatic rings. The molecule has 23 heavy (non-hydrogen) atoms. The van der Waals surface area contributed by atoms with Crippen molar-refractivity contribution in [1.82, 2.24) is 19.9 Å². The van der Waals surface area contributed by atoms with Crippen molar-refractivity contribution in [2.24, 2.45) is 0 Å². The lowest BCUT2D eigenvalue weighted by Gasteiger charge is -2.33. The fourth-order valence-electron chi connectivity index (χ4n) is 2.48. The quantitative estimate of drug-likeness (QED) is 0.744. The highest BCUT2D eigenvalue weighted by atomic mass is 16.5. The number of rotatable bonds is 6. The lowest BCUT2D eigenvalue weighted by atomic mass is 10.2. The van der Waals surface area contributed by atoms with Crippen molar-refractivity contribution in [1.29, 1.82) is 0 Å². The van der Waals surface area contributed by atoms with E-state index in [0.29, 0.717) is 24.9 Å². The zero-order valence-corrected chi connectivity index (χ0v) is 14.4. The van der Waals surface area contributed by atoms with E-state index in [1.807, 2.05) is 32.6 Å². The van der Waals surface area contributed by atoms with Crippen molar-refractivity contribution in [3.05, 3.63) is 23.4 Å². The van der Waals surface area contributed by atoms with Crippen LogP contribution in [0, 0.1) is 0 Å². The average molecular weight is 322 g/mol. The van der Waals surface area contributed by atoms with E-state index < -0.39 is 0 Å². The molecule has 1 saturated heterocycles. The maximum atomic E-state index is 12.0. The molecule has 1 aromatic heterocycles. The zero-order valence-electron chi connectivity index (χ0n) is 14.4. The minimum atomic E-state index is -0.156. The first-order valence-electron chi connectivity index (χ1n) is 8.09. The van der Waals surface area contributed by atoms with Crippen molar-refractivity contribution < 1.29 is 14.1 Å². The van der Waals surface area contributed by atoms with Crippen LogP contribution in [0.15, 0.2) is 16.2 Å². The van der Waals surface area contributed by atoms with Gasteiger partial charge in [0, 0.05) is 38.9 Å². The molecular formula is C16H26N4O3. The Bertz CT molecular complexity index is 543. The van der Waals surface area contributed by atoms with E-state index in [1.165, 1.54) is 0 Å². The first kappa shape index (κ1) is 17.6. The summed E-state index contributed by atoms with van der Waals surface area (Å²) in [5.41, 5.74) is 1.03. The predicted molar refractivity (Wildman–Crippen MR) is 85.6 cm³/mol. The first-order valence-corrected chi connectivity index (χ1v) is 8.09. The fourth-order valence-corrected chi connectivity index (χ4v) is 2.48. The van der Waals surface area contributed by atoms with Crippen LogP contribution in [-0.2, 0) is 16.1 Å². The molecular weight excluding hydrogens is 296 g/mol. The van der Waals surface area contributed by atoms with E-state index >= 15 is 0 Å². The van der Waals surface area contributed by atoms with Crippen LogP contribution in [0.3, 0.4) is 0 Å². The molecule has 0 radical (unpaired) electrons. The van der Waals surface area contributed by atoms with Crippen molar-refractivity contribution in [3.63, 3.8) is 0 Å². The molecule has 1 aromatic rings. The van der Waals surface area contributed by atoms with Crippen molar-refractivity contribution in [2.45, 2.75) is 40.3 Å². The highest BCUT2D eigenvalue weighted by Gasteiger charge is 2.22. The van der Waals surface area contributed by atoms with Crippen LogP contribution in [0.4, 0.5) is 0 Å². The van der Waals surface area contributed by atoms with Gasteiger partial charge in [0.1, 0.15) is 6.10 Å². The molecule has 1 fully saturated rings. The number of aromatic nitrogens is 2. The maximum absolute atomic E-state index is 12.0. The zero-order chi connectivity index (χ0) is 16.8. The summed E-state index contributed by atoms with van der Waals surface area (Å²) in [5, 5.41) is 3.97. The van der Waals surface area contributed by atoms with Crippen molar-refractivity contribution in [2.75, 3.05) is 32.8 Å². The van der Waals surface area contributed by atoms with Gasteiger partial charge in [0.15, 0.2) is 5.82 Å². The smallest absolute Gasteiger partial charge is 0.246 e. The van der Waals surface area contributed by atoms with Gasteiger partial charge in [-0.2, -0.15) is 4.98 Å². The number of amides is 1. The molecule has 1 amide bonds. The van der Waals surface area contributed by atoms with Crippen LogP contribution in [0.1, 0.15) is 45.5 Å². The normalized spacial score (nSPS) is 17.1. The SMILES string of the molecule is CCOC(C)c1noc(CN2CCN(C(=O)C=C(C)C)CC2)n1. The van der Waals surface area contributed by atoms with Gasteiger partial charge in [-0.15, -0.1) is 0 Å². The topological polar surface area (TPSA) is 71.7 Å². The molecule has 7 heteroatoms. The minimum absolute atomic E-state index is 0.0928. The van der Waals surface area contributed by atoms with Crippen LogP contribution in [-0.4, -0.2) is 58.6 Å². The van der Waals surface area contributed by atoms with Gasteiger partial charge >= 0.3 is 0 Å². The Hall–Kier alpha value is -1.73. The molecule has 2 heterocycles. The number of nitrogens with zero attached hydrogens (tertiary/aromatic N) is 4. The van der Waals surface area contributed by atoms with Gasteiger partial charge in [-0.05, 0) is 27.7 Å². The number of carbonyl (C=O) groups excluding carboxylic acids is 1. The molecule has 0 bridgehead atoms. The molecule has 1 atom stereocenters. The fraction of sp³-hybridized carbons (Fsp3) is 0.688. The molecule has 0 N–H and O–H groups in total. The van der Waals surface area contributed by atoms with Gasteiger partial charge in [0.2, 0.25) is 11.8 Å². The second-order valence-electron chi connectivity index (χ2n) is 5.97. The van der Waals surface area contributed by atoms with Crippen LogP contribution in [0.5, 0.6) is 0 Å². The summed E-state index contributed by atoms with van der Waals surface area (Å²) >= 11 is 0. The van der Waals surface area contributed by atoms with Gasteiger partial charge in [0.05, 0.1) is 6.54 Å². The van der Waals surface area contributed by atoms with Gasteiger partial charge < -0.3 is 14.2 Å². The lowest BCUT2D eigenvalue weighted by Crippen LogP contribution is -2.47. The first-order chi connectivity index (χ1) is 11.0. The predicted octanol–water partition coefficient (Wildman–Crippen LogP) is 1.78. The van der Waals surface area contributed by atoms with Crippen molar-refractivity contribution in [3.8, 4) is 0 Å². The van der Waals surface area contributed by atoms with E-state index in [-0.39, 0.29) is 12.0 Å². The van der Waals surface area contributed by atoms with Gasteiger partial charge in [0.25, 0.3) is 0 Å². The summed E-state index contributed by atoms with van der Waals surface area (Å²) in [5.74, 6) is 1.27. The van der Waals surface area contributed by atoms with Crippen LogP contribution in [0.25, 0.3) is 0 Å². The number of ether oxygens (including phenoxy) is 1. The number of carbonyl (C=O) groups is 1. The summed E-state index contributed by atoms with van der Waals surface area (Å²) in [4.78, 5) is 20.5. The molecule has 0 aromatic carbocycles. The van der Waals surface area contributed by atoms with E-state index in [0.717, 1.165) is 31.8 Å². The summed E-state index contributed by atoms with van der Waals surface area (Å²) in [6, 6.07) is 0. The summed E-state index contributed by atoms with van der Waals surface area (Å²) in [6.45, 7) is 12.0. The monoisotopic (exact) mass is 322 g/mol. The Morgan fingerprint density at radius 3 is 2.65 bits per heavy atom. The van der Waals surface area contributed by atoms with E-state index in [9.17, 15) is 4.79 Å². The Labute approximate surface area is 137 Å². The minimum Gasteiger partial charge on any atom is -0.371 e. The summed E-state index contributed by atoms with van der Waals surface area (Å²) in [7, 11) is 0. The maximum Gasteiger partial charge on any atom is 0.246 e. The third kappa shape index (κ3) is 5.14. The molecule has 2 rings (SSSR count). The summed E-state index contributed by atoms with van der Waals surface area (Å²) < 4.78 is 10.7. The molecule has 0 saturated carbocycles. The van der Waals surface area contributed by atoms with Gasteiger partial charge in [-0.25, -0.2) is 0 Å². The summed E-state index contributed by atoms with van der Waals surface area (Å²) in [6.07, 6.45) is 1.53. The van der Waals surface area contributed by atoms with Crippen LogP contribution in [0.2, 0.25) is 0 Å². The molecule has 0 spiro atoms. The highest BCUT2D eigenvalue weighted by molar-refractivity contribution is 5.88. The lowest BCUT2D eigenvalue weighted by molar-refractivity contribution is -0.127. The Morgan fingerprint density at radius 1 is 1.35 bits per heavy atom. The van der Waals surface area contributed by atoms with Gasteiger partial charge in [-0.1, -0.05) is 10.7 Å². The van der Waals surface area contributed by atoms with E-state index in [1.54, 1.807) is 6.08 Å². The molecule has 7 nitrogen and oxygen atoms in total. The van der Waals surface area contributed by atoms with Crippen molar-refractivity contribution >= 4 is 5.91 Å². The van der Waals surface area contributed by atoms with Gasteiger partial charge in [-0.3, -0.25) is 9.69 Å². The second-order valence-corrected chi connectivity index (χ2v) is 5.97. The Balaban J connectivity index is 1.82. The number of allylic oxidation sites excluding steroid dienone is 1. The average Bonchev–Trinajstić information content (AvgIpc) is 2.96. The standard InChI is InChI=1S/C16H26N4O3/c1-5-22-13(4)16-17-14(23-18-16)11-19-6-8-20(9-7-19)15(21)10-12(2)3/h10,13H,5-9,11H2,1-4H3. The van der Waals surface area contributed by atoms with Crippen LogP contribution >= 0.6 is 0 Å². The molecule has 128 valence electrons. The number of piperazine rings is 1. The molecule has 0 aliphatic carbocycles. The van der Waals surface area contributed by atoms with E-state index in [4.69, 9.17) is 9.26 Å². The second kappa shape index (κ2) is 8.21. The van der Waals surface area contributed by atoms with E-state index in [2.05, 4.69) is 15.0 Å².